The Kier molecular flexibility index (Phi) is 14.2. The maximum atomic E-state index is 15.0. The summed E-state index contributed by atoms with van der Waals surface area (Å²) >= 11 is 2.99. The fourth-order valence-corrected chi connectivity index (χ4v) is 5.52. The second-order valence-electron chi connectivity index (χ2n) is 12.4. The summed E-state index contributed by atoms with van der Waals surface area (Å²) in [5.41, 5.74) is 7.60. The van der Waals surface area contributed by atoms with Gasteiger partial charge in [0.25, 0.3) is 0 Å². The molecule has 0 aliphatic carbocycles. The van der Waals surface area contributed by atoms with Crippen molar-refractivity contribution in [1.29, 1.82) is 0 Å². The average Bonchev–Trinajstić information content (AvgIpc) is 3.46. The van der Waals surface area contributed by atoms with E-state index in [0.717, 1.165) is 23.8 Å². The van der Waals surface area contributed by atoms with Crippen LogP contribution in [-0.4, -0.2) is 82.4 Å². The summed E-state index contributed by atoms with van der Waals surface area (Å²) in [6.07, 6.45) is 1.76. The van der Waals surface area contributed by atoms with Crippen LogP contribution in [0.1, 0.15) is 44.5 Å². The van der Waals surface area contributed by atoms with E-state index in [1.165, 1.54) is 4.90 Å². The molecule has 0 unspecified atom stereocenters. The zero-order valence-corrected chi connectivity index (χ0v) is 28.9. The summed E-state index contributed by atoms with van der Waals surface area (Å²) in [6, 6.07) is 12.8. The van der Waals surface area contributed by atoms with E-state index in [1.54, 1.807) is 12.3 Å². The lowest BCUT2D eigenvalue weighted by Gasteiger charge is -2.41. The first kappa shape index (κ1) is 38.3. The minimum atomic E-state index is -1.03. The summed E-state index contributed by atoms with van der Waals surface area (Å²) in [6.45, 7) is 5.32. The van der Waals surface area contributed by atoms with Crippen LogP contribution in [0.5, 0.6) is 0 Å². The van der Waals surface area contributed by atoms with Gasteiger partial charge in [0.15, 0.2) is 0 Å². The van der Waals surface area contributed by atoms with Crippen LogP contribution < -0.4 is 21.7 Å². The highest BCUT2D eigenvalue weighted by atomic mass is 79.9. The van der Waals surface area contributed by atoms with E-state index in [0.29, 0.717) is 17.8 Å². The van der Waals surface area contributed by atoms with Crippen LogP contribution in [-0.2, 0) is 25.7 Å². The van der Waals surface area contributed by atoms with E-state index in [4.69, 9.17) is 5.73 Å². The number of nitrogens with zero attached hydrogens (tertiary/aromatic N) is 2. The van der Waals surface area contributed by atoms with Crippen LogP contribution in [0, 0.1) is 17.0 Å². The number of amides is 4. The Labute approximate surface area is 287 Å². The molecule has 3 rings (SSSR count). The van der Waals surface area contributed by atoms with Crippen molar-refractivity contribution in [3.05, 3.63) is 83.7 Å². The lowest BCUT2D eigenvalue weighted by molar-refractivity contribution is -0.140. The van der Waals surface area contributed by atoms with E-state index < -0.39 is 53.5 Å². The molecular formula is C34H43BrF2N6O5. The molecule has 0 fully saturated rings. The monoisotopic (exact) mass is 732 g/mol. The molecule has 0 bridgehead atoms. The van der Waals surface area contributed by atoms with Gasteiger partial charge in [0.05, 0.1) is 24.0 Å². The largest absolute Gasteiger partial charge is 0.387 e. The minimum Gasteiger partial charge on any atom is -0.387 e. The first-order valence-corrected chi connectivity index (χ1v) is 16.6. The topological polar surface area (TPSA) is 159 Å². The smallest absolute Gasteiger partial charge is 0.248 e. The number of alkyl halides is 1. The van der Waals surface area contributed by atoms with Gasteiger partial charge in [-0.2, -0.15) is 0 Å². The molecule has 2 atom stereocenters. The number of halogens is 3. The zero-order chi connectivity index (χ0) is 35.4. The highest BCUT2D eigenvalue weighted by molar-refractivity contribution is 9.09. The molecular weight excluding hydrogens is 690 g/mol. The van der Waals surface area contributed by atoms with Gasteiger partial charge in [-0.3, -0.25) is 19.2 Å². The average molecular weight is 734 g/mol. The van der Waals surface area contributed by atoms with Gasteiger partial charge in [-0.25, -0.2) is 8.78 Å². The van der Waals surface area contributed by atoms with E-state index >= 15 is 0 Å². The van der Waals surface area contributed by atoms with Crippen molar-refractivity contribution in [3.8, 4) is 11.1 Å². The van der Waals surface area contributed by atoms with Crippen molar-refractivity contribution in [1.82, 2.24) is 25.4 Å². The highest BCUT2D eigenvalue weighted by Gasteiger charge is 2.37. The first-order valence-electron chi connectivity index (χ1n) is 15.5. The van der Waals surface area contributed by atoms with Crippen LogP contribution in [0.25, 0.3) is 11.1 Å². The molecule has 0 aliphatic heterocycles. The van der Waals surface area contributed by atoms with E-state index in [1.807, 2.05) is 55.7 Å². The van der Waals surface area contributed by atoms with Gasteiger partial charge in [0.1, 0.15) is 18.2 Å². The SMILES string of the molecule is CC(C)(C)[C@H](c1cc(-c2cc(F)ccc2F)cn1Cc1ccccc1)N(CC[C@H](N)C(=O)NCCNC(=O)CNC(=O)CBr)C(=O)CO. The molecule has 2 aromatic carbocycles. The van der Waals surface area contributed by atoms with Crippen molar-refractivity contribution < 1.29 is 33.1 Å². The summed E-state index contributed by atoms with van der Waals surface area (Å²) in [4.78, 5) is 50.7. The lowest BCUT2D eigenvalue weighted by Crippen LogP contribution is -2.48. The third kappa shape index (κ3) is 11.0. The van der Waals surface area contributed by atoms with Crippen LogP contribution in [0.15, 0.2) is 60.8 Å². The van der Waals surface area contributed by atoms with E-state index in [-0.39, 0.29) is 49.4 Å². The summed E-state index contributed by atoms with van der Waals surface area (Å²) in [5.74, 6) is -3.05. The Morgan fingerprint density at radius 2 is 1.67 bits per heavy atom. The molecule has 260 valence electrons. The van der Waals surface area contributed by atoms with Crippen molar-refractivity contribution in [2.24, 2.45) is 11.1 Å². The maximum Gasteiger partial charge on any atom is 0.248 e. The molecule has 48 heavy (non-hydrogen) atoms. The van der Waals surface area contributed by atoms with Gasteiger partial charge < -0.3 is 36.3 Å². The molecule has 3 aromatic rings. The second kappa shape index (κ2) is 17.9. The van der Waals surface area contributed by atoms with Gasteiger partial charge in [0.2, 0.25) is 23.6 Å². The number of aromatic nitrogens is 1. The van der Waals surface area contributed by atoms with Gasteiger partial charge in [-0.15, -0.1) is 0 Å². The number of hydrogen-bond donors (Lipinski definition) is 5. The quantitative estimate of drug-likeness (QED) is 0.113. The molecule has 14 heteroatoms. The predicted octanol–water partition coefficient (Wildman–Crippen LogP) is 2.85. The Morgan fingerprint density at radius 1 is 0.979 bits per heavy atom. The van der Waals surface area contributed by atoms with E-state index in [9.17, 15) is 33.1 Å². The Hall–Kier alpha value is -4.14. The number of carbonyl (C=O) groups is 4. The standard InChI is InChI=1S/C34H43BrF2N6O5/c1-34(2,3)32(28-15-23(25-16-24(36)9-10-26(25)37)20-42(28)19-22-7-5-4-6-8-22)43(31(47)21-44)14-11-27(38)33(48)40-13-12-39-30(46)18-41-29(45)17-35/h4-10,15-16,20,27,32,44H,11-14,17-19,21,38H2,1-3H3,(H,39,46)(H,40,48)(H,41,45)/t27-,32-/m0/s1. The van der Waals surface area contributed by atoms with Gasteiger partial charge >= 0.3 is 0 Å². The van der Waals surface area contributed by atoms with Gasteiger partial charge in [0, 0.05) is 49.2 Å². The molecule has 0 radical (unpaired) electrons. The van der Waals surface area contributed by atoms with Crippen molar-refractivity contribution in [2.45, 2.75) is 45.8 Å². The molecule has 11 nitrogen and oxygen atoms in total. The summed E-state index contributed by atoms with van der Waals surface area (Å²) in [5, 5.41) is 17.7. The van der Waals surface area contributed by atoms with Crippen molar-refractivity contribution in [2.75, 3.05) is 38.1 Å². The van der Waals surface area contributed by atoms with Crippen molar-refractivity contribution >= 4 is 39.6 Å². The number of nitrogens with two attached hydrogens (primary N) is 1. The number of rotatable bonds is 16. The fraction of sp³-hybridized carbons (Fsp3) is 0.412. The molecule has 0 saturated carbocycles. The highest BCUT2D eigenvalue weighted by Crippen LogP contribution is 2.41. The van der Waals surface area contributed by atoms with Crippen LogP contribution in [0.3, 0.4) is 0 Å². The Balaban J connectivity index is 1.84. The summed E-state index contributed by atoms with van der Waals surface area (Å²) < 4.78 is 31.1. The van der Waals surface area contributed by atoms with Crippen LogP contribution in [0.2, 0.25) is 0 Å². The van der Waals surface area contributed by atoms with Crippen LogP contribution >= 0.6 is 15.9 Å². The zero-order valence-electron chi connectivity index (χ0n) is 27.3. The minimum absolute atomic E-state index is 0.0000978. The molecule has 1 aromatic heterocycles. The fourth-order valence-electron chi connectivity index (χ4n) is 5.32. The Morgan fingerprint density at radius 3 is 2.31 bits per heavy atom. The number of aliphatic hydroxyl groups is 1. The maximum absolute atomic E-state index is 15.0. The van der Waals surface area contributed by atoms with Crippen molar-refractivity contribution in [3.63, 3.8) is 0 Å². The molecule has 1 heterocycles. The molecule has 6 N–H and O–H groups in total. The molecule has 0 spiro atoms. The van der Waals surface area contributed by atoms with Gasteiger partial charge in [-0.05, 0) is 41.7 Å². The second-order valence-corrected chi connectivity index (χ2v) is 12.9. The van der Waals surface area contributed by atoms with E-state index in [2.05, 4.69) is 31.9 Å². The number of hydrogen-bond acceptors (Lipinski definition) is 6. The molecule has 0 saturated heterocycles. The van der Waals surface area contributed by atoms with Gasteiger partial charge in [-0.1, -0.05) is 67.0 Å². The first-order chi connectivity index (χ1) is 22.7. The van der Waals surface area contributed by atoms with Crippen LogP contribution in [0.4, 0.5) is 8.78 Å². The number of aliphatic hydroxyl groups excluding tert-OH is 1. The third-order valence-corrected chi connectivity index (χ3v) is 8.07. The summed E-state index contributed by atoms with van der Waals surface area (Å²) in [7, 11) is 0. The lowest BCUT2D eigenvalue weighted by atomic mass is 9.82. The Bertz CT molecular complexity index is 1560. The normalized spacial score (nSPS) is 12.6. The number of benzene rings is 2. The predicted molar refractivity (Wildman–Crippen MR) is 182 cm³/mol. The molecule has 4 amide bonds. The molecule has 0 aliphatic rings. The third-order valence-electron chi connectivity index (χ3n) is 7.56. The number of carbonyl (C=O) groups excluding carboxylic acids is 4. The number of nitrogens with one attached hydrogen (secondary N) is 3.